The molecular weight excluding hydrogens is 206 g/mol. The Hall–Kier alpha value is -0.820. The molecule has 0 heterocycles. The summed E-state index contributed by atoms with van der Waals surface area (Å²) in [6.07, 6.45) is 5.22. The molecule has 1 heteroatoms. The van der Waals surface area contributed by atoms with Gasteiger partial charge in [-0.1, -0.05) is 43.7 Å². The van der Waals surface area contributed by atoms with E-state index in [9.17, 15) is 0 Å². The van der Waals surface area contributed by atoms with Crippen LogP contribution in [-0.2, 0) is 6.42 Å². The summed E-state index contributed by atoms with van der Waals surface area (Å²) in [5.41, 5.74) is 3.21. The summed E-state index contributed by atoms with van der Waals surface area (Å²) < 4.78 is 0. The molecule has 17 heavy (non-hydrogen) atoms. The first-order valence-corrected chi connectivity index (χ1v) is 6.84. The fraction of sp³-hybridized carbons (Fsp3) is 0.625. The van der Waals surface area contributed by atoms with Gasteiger partial charge in [-0.25, -0.2) is 0 Å². The highest BCUT2D eigenvalue weighted by Crippen LogP contribution is 2.26. The lowest BCUT2D eigenvalue weighted by atomic mass is 9.82. The lowest BCUT2D eigenvalue weighted by Crippen LogP contribution is -2.25. The van der Waals surface area contributed by atoms with E-state index in [0.717, 1.165) is 6.04 Å². The van der Waals surface area contributed by atoms with Crippen LogP contribution in [0.25, 0.3) is 0 Å². The monoisotopic (exact) mass is 231 g/mol. The number of rotatable bonds is 6. The van der Waals surface area contributed by atoms with Gasteiger partial charge in [0.1, 0.15) is 0 Å². The molecule has 0 bridgehead atoms. The standard InChI is InChI=1S/C16H25N/c1-13-4-6-14(7-5-13)12-16(2,3)10-11-17-15-8-9-15/h4-7,15,17H,8-12H2,1-3H3. The topological polar surface area (TPSA) is 12.0 Å². The molecule has 1 saturated carbocycles. The van der Waals surface area contributed by atoms with Crippen molar-refractivity contribution in [3.05, 3.63) is 35.4 Å². The van der Waals surface area contributed by atoms with Crippen LogP contribution >= 0.6 is 0 Å². The number of benzene rings is 1. The molecule has 1 aromatic rings. The van der Waals surface area contributed by atoms with Gasteiger partial charge in [0.2, 0.25) is 0 Å². The predicted molar refractivity (Wildman–Crippen MR) is 74.3 cm³/mol. The van der Waals surface area contributed by atoms with E-state index in [0.29, 0.717) is 5.41 Å². The summed E-state index contributed by atoms with van der Waals surface area (Å²) in [7, 11) is 0. The molecule has 0 saturated heterocycles. The average molecular weight is 231 g/mol. The minimum Gasteiger partial charge on any atom is -0.314 e. The lowest BCUT2D eigenvalue weighted by molar-refractivity contribution is 0.325. The maximum atomic E-state index is 3.61. The Balaban J connectivity index is 1.79. The van der Waals surface area contributed by atoms with Gasteiger partial charge in [0, 0.05) is 6.04 Å². The van der Waals surface area contributed by atoms with Crippen LogP contribution in [0.4, 0.5) is 0 Å². The summed E-state index contributed by atoms with van der Waals surface area (Å²) in [6, 6.07) is 9.81. The van der Waals surface area contributed by atoms with Crippen molar-refractivity contribution < 1.29 is 0 Å². The number of hydrogen-bond donors (Lipinski definition) is 1. The molecule has 1 aliphatic rings. The van der Waals surface area contributed by atoms with Gasteiger partial charge >= 0.3 is 0 Å². The van der Waals surface area contributed by atoms with E-state index in [4.69, 9.17) is 0 Å². The third-order valence-electron chi connectivity index (χ3n) is 3.62. The molecule has 94 valence electrons. The molecule has 1 aliphatic carbocycles. The van der Waals surface area contributed by atoms with Crippen molar-refractivity contribution in [1.29, 1.82) is 0 Å². The number of hydrogen-bond acceptors (Lipinski definition) is 1. The molecule has 1 nitrogen and oxygen atoms in total. The van der Waals surface area contributed by atoms with Crippen molar-refractivity contribution in [2.75, 3.05) is 6.54 Å². The van der Waals surface area contributed by atoms with Crippen LogP contribution in [0.2, 0.25) is 0 Å². The highest BCUT2D eigenvalue weighted by Gasteiger charge is 2.23. The Morgan fingerprint density at radius 1 is 1.18 bits per heavy atom. The minimum absolute atomic E-state index is 0.400. The number of aryl methyl sites for hydroxylation is 1. The fourth-order valence-corrected chi connectivity index (χ4v) is 2.25. The molecule has 1 aromatic carbocycles. The summed E-state index contributed by atoms with van der Waals surface area (Å²) in [4.78, 5) is 0. The molecule has 0 unspecified atom stereocenters. The Labute approximate surface area is 106 Å². The van der Waals surface area contributed by atoms with Gasteiger partial charge in [0.05, 0.1) is 0 Å². The zero-order valence-electron chi connectivity index (χ0n) is 11.4. The Morgan fingerprint density at radius 3 is 2.41 bits per heavy atom. The molecule has 0 radical (unpaired) electrons. The van der Waals surface area contributed by atoms with Gasteiger partial charge in [0.25, 0.3) is 0 Å². The normalized spacial score (nSPS) is 16.2. The summed E-state index contributed by atoms with van der Waals surface area (Å²) in [5.74, 6) is 0. The molecule has 0 aromatic heterocycles. The first-order chi connectivity index (χ1) is 8.05. The fourth-order valence-electron chi connectivity index (χ4n) is 2.25. The third kappa shape index (κ3) is 4.51. The molecule has 2 rings (SSSR count). The van der Waals surface area contributed by atoms with Gasteiger partial charge in [-0.3, -0.25) is 0 Å². The van der Waals surface area contributed by atoms with E-state index in [2.05, 4.69) is 50.4 Å². The van der Waals surface area contributed by atoms with Crippen LogP contribution in [0.5, 0.6) is 0 Å². The first kappa shape index (κ1) is 12.6. The van der Waals surface area contributed by atoms with Gasteiger partial charge in [-0.05, 0) is 50.1 Å². The second-order valence-electron chi connectivity index (χ2n) is 6.30. The van der Waals surface area contributed by atoms with Gasteiger partial charge < -0.3 is 5.32 Å². The van der Waals surface area contributed by atoms with E-state index >= 15 is 0 Å². The van der Waals surface area contributed by atoms with Crippen LogP contribution in [0, 0.1) is 12.3 Å². The molecule has 0 amide bonds. The molecule has 1 fully saturated rings. The van der Waals surface area contributed by atoms with Crippen LogP contribution in [0.1, 0.15) is 44.2 Å². The molecule has 0 spiro atoms. The maximum Gasteiger partial charge on any atom is 0.00682 e. The van der Waals surface area contributed by atoms with Gasteiger partial charge in [-0.15, -0.1) is 0 Å². The van der Waals surface area contributed by atoms with Crippen molar-refractivity contribution in [3.63, 3.8) is 0 Å². The predicted octanol–water partition coefficient (Wildman–Crippen LogP) is 3.71. The van der Waals surface area contributed by atoms with E-state index in [-0.39, 0.29) is 0 Å². The highest BCUT2D eigenvalue weighted by molar-refractivity contribution is 5.22. The Morgan fingerprint density at radius 2 is 1.82 bits per heavy atom. The number of nitrogens with one attached hydrogen (secondary N) is 1. The highest BCUT2D eigenvalue weighted by atomic mass is 14.9. The SMILES string of the molecule is Cc1ccc(CC(C)(C)CCNC2CC2)cc1. The average Bonchev–Trinajstić information content (AvgIpc) is 3.05. The molecular formula is C16H25N. The van der Waals surface area contributed by atoms with Gasteiger partial charge in [0.15, 0.2) is 0 Å². The van der Waals surface area contributed by atoms with Crippen molar-refractivity contribution in [2.24, 2.45) is 5.41 Å². The minimum atomic E-state index is 0.400. The quantitative estimate of drug-likeness (QED) is 0.787. The summed E-state index contributed by atoms with van der Waals surface area (Å²) >= 11 is 0. The van der Waals surface area contributed by atoms with Crippen molar-refractivity contribution in [1.82, 2.24) is 5.32 Å². The molecule has 1 N–H and O–H groups in total. The van der Waals surface area contributed by atoms with Gasteiger partial charge in [-0.2, -0.15) is 0 Å². The smallest absolute Gasteiger partial charge is 0.00682 e. The van der Waals surface area contributed by atoms with Crippen LogP contribution in [0.15, 0.2) is 24.3 Å². The van der Waals surface area contributed by atoms with E-state index in [1.807, 2.05) is 0 Å². The second kappa shape index (κ2) is 5.22. The second-order valence-corrected chi connectivity index (χ2v) is 6.30. The first-order valence-electron chi connectivity index (χ1n) is 6.84. The lowest BCUT2D eigenvalue weighted by Gasteiger charge is -2.25. The van der Waals surface area contributed by atoms with E-state index in [1.165, 1.54) is 43.4 Å². The van der Waals surface area contributed by atoms with Crippen LogP contribution in [0.3, 0.4) is 0 Å². The van der Waals surface area contributed by atoms with Crippen LogP contribution in [-0.4, -0.2) is 12.6 Å². The van der Waals surface area contributed by atoms with Crippen molar-refractivity contribution in [2.45, 2.75) is 52.5 Å². The Kier molecular flexibility index (Phi) is 3.88. The largest absolute Gasteiger partial charge is 0.314 e. The molecule has 0 atom stereocenters. The zero-order valence-corrected chi connectivity index (χ0v) is 11.4. The van der Waals surface area contributed by atoms with E-state index < -0.39 is 0 Å². The summed E-state index contributed by atoms with van der Waals surface area (Å²) in [6.45, 7) is 8.07. The van der Waals surface area contributed by atoms with Crippen LogP contribution < -0.4 is 5.32 Å². The molecule has 0 aliphatic heterocycles. The zero-order chi connectivity index (χ0) is 12.3. The Bertz CT molecular complexity index is 346. The van der Waals surface area contributed by atoms with Crippen molar-refractivity contribution in [3.8, 4) is 0 Å². The third-order valence-corrected chi connectivity index (χ3v) is 3.62. The summed E-state index contributed by atoms with van der Waals surface area (Å²) in [5, 5.41) is 3.61. The van der Waals surface area contributed by atoms with Crippen molar-refractivity contribution >= 4 is 0 Å². The maximum absolute atomic E-state index is 3.61. The van der Waals surface area contributed by atoms with E-state index in [1.54, 1.807) is 0 Å².